The molecule has 0 unspecified atom stereocenters. The number of halogens is 2. The Hall–Kier alpha value is -3.13. The molecule has 0 fully saturated rings. The molecule has 0 spiro atoms. The first-order chi connectivity index (χ1) is 15.6. The molecule has 1 heterocycles. The summed E-state index contributed by atoms with van der Waals surface area (Å²) in [7, 11) is -4.35. The van der Waals surface area contributed by atoms with Crippen LogP contribution in [0.3, 0.4) is 0 Å². The fourth-order valence-electron chi connectivity index (χ4n) is 3.56. The molecule has 9 heteroatoms. The number of ketones is 1. The van der Waals surface area contributed by atoms with Crippen molar-refractivity contribution in [3.8, 4) is 0 Å². The number of aryl methyl sites for hydroxylation is 1. The summed E-state index contributed by atoms with van der Waals surface area (Å²) in [6.07, 6.45) is 0. The molecule has 0 saturated carbocycles. The van der Waals surface area contributed by atoms with Gasteiger partial charge in [0.15, 0.2) is 5.78 Å². The first-order valence-corrected chi connectivity index (χ1v) is 11.9. The van der Waals surface area contributed by atoms with Gasteiger partial charge in [-0.05, 0) is 80.6 Å². The van der Waals surface area contributed by atoms with Crippen LogP contribution in [0.2, 0.25) is 10.0 Å². The molecule has 4 aromatic rings. The van der Waals surface area contributed by atoms with E-state index in [0.29, 0.717) is 36.6 Å². The van der Waals surface area contributed by atoms with Crippen molar-refractivity contribution in [2.75, 3.05) is 4.31 Å². The lowest BCUT2D eigenvalue weighted by molar-refractivity contribution is 0.1000. The number of sulfonamides is 1. The van der Waals surface area contributed by atoms with Crippen LogP contribution in [0.15, 0.2) is 76.0 Å². The summed E-state index contributed by atoms with van der Waals surface area (Å²) in [5, 5.41) is 1.17. The van der Waals surface area contributed by atoms with Gasteiger partial charge in [0.1, 0.15) is 11.3 Å². The van der Waals surface area contributed by atoms with Gasteiger partial charge in [0.05, 0.1) is 16.1 Å². The van der Waals surface area contributed by atoms with Gasteiger partial charge in [-0.25, -0.2) is 8.42 Å². The number of benzene rings is 3. The fraction of sp³-hybridized carbons (Fsp3) is 0.0833. The van der Waals surface area contributed by atoms with E-state index in [-0.39, 0.29) is 21.9 Å². The van der Waals surface area contributed by atoms with Gasteiger partial charge in [-0.2, -0.15) is 4.31 Å². The van der Waals surface area contributed by atoms with Gasteiger partial charge in [-0.15, -0.1) is 0 Å². The second-order valence-corrected chi connectivity index (χ2v) is 9.96. The highest BCUT2D eigenvalue weighted by molar-refractivity contribution is 7.93. The normalized spacial score (nSPS) is 11.5. The van der Waals surface area contributed by atoms with Crippen LogP contribution in [0.4, 0.5) is 5.69 Å². The minimum atomic E-state index is -4.35. The minimum absolute atomic E-state index is 0.0562. The van der Waals surface area contributed by atoms with E-state index >= 15 is 0 Å². The second kappa shape index (κ2) is 8.67. The monoisotopic (exact) mass is 501 g/mol. The molecule has 0 atom stereocenters. The number of nitrogens with zero attached hydrogens (tertiary/aromatic N) is 1. The highest BCUT2D eigenvalue weighted by Gasteiger charge is 2.32. The molecule has 33 heavy (non-hydrogen) atoms. The zero-order valence-electron chi connectivity index (χ0n) is 17.5. The van der Waals surface area contributed by atoms with Gasteiger partial charge in [0, 0.05) is 21.0 Å². The third-order valence-electron chi connectivity index (χ3n) is 5.06. The Balaban J connectivity index is 1.95. The largest absolute Gasteiger partial charge is 0.461 e. The SMILES string of the molecule is CC(=O)c1c(C)oc2ccc(N(C(=O)c3ccc(Cl)cc3)S(=O)(=O)c3ccc(Cl)cc3)cc12. The van der Waals surface area contributed by atoms with Crippen molar-refractivity contribution in [3.63, 3.8) is 0 Å². The Kier molecular flexibility index (Phi) is 6.05. The van der Waals surface area contributed by atoms with Gasteiger partial charge in [0.2, 0.25) is 0 Å². The zero-order valence-corrected chi connectivity index (χ0v) is 19.8. The molecular weight excluding hydrogens is 485 g/mol. The Bertz CT molecular complexity index is 1490. The van der Waals surface area contributed by atoms with E-state index in [1.807, 2.05) is 0 Å². The topological polar surface area (TPSA) is 84.7 Å². The summed E-state index contributed by atoms with van der Waals surface area (Å²) in [6, 6.07) is 15.8. The molecule has 0 N–H and O–H groups in total. The van der Waals surface area contributed by atoms with Gasteiger partial charge in [-0.1, -0.05) is 23.2 Å². The summed E-state index contributed by atoms with van der Waals surface area (Å²) < 4.78 is 33.6. The Labute approximate surface area is 200 Å². The summed E-state index contributed by atoms with van der Waals surface area (Å²) in [5.74, 6) is -0.615. The van der Waals surface area contributed by atoms with Gasteiger partial charge >= 0.3 is 0 Å². The highest BCUT2D eigenvalue weighted by Crippen LogP contribution is 2.33. The standard InChI is InChI=1S/C24H17Cl2NO5S/c1-14(28)23-15(2)32-22-12-9-19(13-21(22)23)27(24(29)16-3-5-17(25)6-4-16)33(30,31)20-10-7-18(26)8-11-20/h3-13H,1-2H3. The summed E-state index contributed by atoms with van der Waals surface area (Å²) in [5.41, 5.74) is 0.909. The molecule has 0 saturated heterocycles. The maximum absolute atomic E-state index is 13.6. The van der Waals surface area contributed by atoms with Crippen LogP contribution in [0, 0.1) is 6.92 Å². The lowest BCUT2D eigenvalue weighted by atomic mass is 10.1. The molecule has 0 bridgehead atoms. The lowest BCUT2D eigenvalue weighted by Crippen LogP contribution is -2.37. The molecule has 4 rings (SSSR count). The molecule has 1 amide bonds. The van der Waals surface area contributed by atoms with Crippen LogP contribution in [0.25, 0.3) is 11.0 Å². The van der Waals surface area contributed by atoms with Gasteiger partial charge in [0.25, 0.3) is 15.9 Å². The van der Waals surface area contributed by atoms with Crippen molar-refractivity contribution in [3.05, 3.63) is 93.7 Å². The number of carbonyl (C=O) groups excluding carboxylic acids is 2. The molecule has 0 aliphatic carbocycles. The van der Waals surface area contributed by atoms with Crippen molar-refractivity contribution in [2.24, 2.45) is 0 Å². The fourth-order valence-corrected chi connectivity index (χ4v) is 5.22. The van der Waals surface area contributed by atoms with Crippen LogP contribution in [-0.4, -0.2) is 20.1 Å². The number of furan rings is 1. The van der Waals surface area contributed by atoms with Crippen LogP contribution in [-0.2, 0) is 10.0 Å². The maximum atomic E-state index is 13.6. The minimum Gasteiger partial charge on any atom is -0.461 e. The second-order valence-electron chi connectivity index (χ2n) is 7.31. The average Bonchev–Trinajstić information content (AvgIpc) is 3.09. The van der Waals surface area contributed by atoms with Gasteiger partial charge in [-0.3, -0.25) is 9.59 Å². The summed E-state index contributed by atoms with van der Waals surface area (Å²) in [6.45, 7) is 3.04. The summed E-state index contributed by atoms with van der Waals surface area (Å²) >= 11 is 11.8. The number of amides is 1. The number of hydrogen-bond donors (Lipinski definition) is 0. The van der Waals surface area contributed by atoms with E-state index in [4.69, 9.17) is 27.6 Å². The van der Waals surface area contributed by atoms with E-state index in [1.54, 1.807) is 6.92 Å². The van der Waals surface area contributed by atoms with Crippen molar-refractivity contribution in [2.45, 2.75) is 18.7 Å². The number of carbonyl (C=O) groups is 2. The average molecular weight is 502 g/mol. The smallest absolute Gasteiger partial charge is 0.272 e. The Morgan fingerprint density at radius 1 is 0.879 bits per heavy atom. The van der Waals surface area contributed by atoms with E-state index in [1.165, 1.54) is 73.7 Å². The molecule has 3 aromatic carbocycles. The van der Waals surface area contributed by atoms with E-state index < -0.39 is 15.9 Å². The number of hydrogen-bond acceptors (Lipinski definition) is 5. The Morgan fingerprint density at radius 2 is 1.45 bits per heavy atom. The van der Waals surface area contributed by atoms with E-state index in [2.05, 4.69) is 0 Å². The van der Waals surface area contributed by atoms with Crippen LogP contribution in [0.1, 0.15) is 33.4 Å². The Morgan fingerprint density at radius 3 is 2.03 bits per heavy atom. The van der Waals surface area contributed by atoms with E-state index in [0.717, 1.165) is 0 Å². The number of fused-ring (bicyclic) bond motifs is 1. The maximum Gasteiger partial charge on any atom is 0.272 e. The first-order valence-electron chi connectivity index (χ1n) is 9.74. The molecule has 0 aliphatic rings. The quantitative estimate of drug-likeness (QED) is 0.300. The van der Waals surface area contributed by atoms with Crippen LogP contribution in [0.5, 0.6) is 0 Å². The first kappa shape index (κ1) is 23.0. The predicted molar refractivity (Wildman–Crippen MR) is 128 cm³/mol. The van der Waals surface area contributed by atoms with Crippen molar-refractivity contribution in [1.29, 1.82) is 0 Å². The molecule has 0 radical (unpaired) electrons. The highest BCUT2D eigenvalue weighted by atomic mass is 35.5. The molecule has 6 nitrogen and oxygen atoms in total. The molecule has 168 valence electrons. The molecule has 1 aromatic heterocycles. The third kappa shape index (κ3) is 4.27. The van der Waals surface area contributed by atoms with Crippen LogP contribution < -0.4 is 4.31 Å². The number of rotatable bonds is 5. The van der Waals surface area contributed by atoms with Crippen LogP contribution >= 0.6 is 23.2 Å². The zero-order chi connectivity index (χ0) is 23.9. The lowest BCUT2D eigenvalue weighted by Gasteiger charge is -2.23. The van der Waals surface area contributed by atoms with Gasteiger partial charge < -0.3 is 4.42 Å². The molecule has 0 aliphatic heterocycles. The number of Topliss-reactive ketones (excluding diaryl/α,β-unsaturated/α-hetero) is 1. The van der Waals surface area contributed by atoms with E-state index in [9.17, 15) is 18.0 Å². The summed E-state index contributed by atoms with van der Waals surface area (Å²) in [4.78, 5) is 25.5. The third-order valence-corrected chi connectivity index (χ3v) is 7.29. The molecular formula is C24H17Cl2NO5S. The van der Waals surface area contributed by atoms with Crippen molar-refractivity contribution in [1.82, 2.24) is 0 Å². The number of anilines is 1. The van der Waals surface area contributed by atoms with Crippen molar-refractivity contribution >= 4 is 61.6 Å². The van der Waals surface area contributed by atoms with Crippen molar-refractivity contribution < 1.29 is 22.4 Å². The predicted octanol–water partition coefficient (Wildman–Crippen LogP) is 6.29.